The van der Waals surface area contributed by atoms with Gasteiger partial charge in [-0.05, 0) is 35.0 Å². The SMILES string of the molecule is COC(=O)c1cc(C)sc1NC(=O)c1cc(OC)c(OC)c(OC)c1Br. The topological polar surface area (TPSA) is 83.1 Å². The van der Waals surface area contributed by atoms with Crippen molar-refractivity contribution in [3.05, 3.63) is 32.6 Å². The summed E-state index contributed by atoms with van der Waals surface area (Å²) in [6.07, 6.45) is 0. The molecular formula is C17H18BrNO6S. The molecule has 1 N–H and O–H groups in total. The van der Waals surface area contributed by atoms with Crippen molar-refractivity contribution in [1.29, 1.82) is 0 Å². The van der Waals surface area contributed by atoms with Crippen LogP contribution < -0.4 is 19.5 Å². The summed E-state index contributed by atoms with van der Waals surface area (Å²) >= 11 is 4.65. The van der Waals surface area contributed by atoms with Gasteiger partial charge in [0.05, 0.1) is 44.0 Å². The third-order valence-electron chi connectivity index (χ3n) is 3.50. The van der Waals surface area contributed by atoms with Crippen LogP contribution in [0.4, 0.5) is 5.00 Å². The van der Waals surface area contributed by atoms with Crippen LogP contribution in [0.25, 0.3) is 0 Å². The Kier molecular flexibility index (Phi) is 6.49. The van der Waals surface area contributed by atoms with E-state index in [-0.39, 0.29) is 5.56 Å². The number of carbonyl (C=O) groups excluding carboxylic acids is 2. The maximum Gasteiger partial charge on any atom is 0.340 e. The number of methoxy groups -OCH3 is 4. The van der Waals surface area contributed by atoms with Gasteiger partial charge in [0.25, 0.3) is 5.91 Å². The molecule has 1 heterocycles. The Morgan fingerprint density at radius 1 is 1.00 bits per heavy atom. The van der Waals surface area contributed by atoms with Gasteiger partial charge in [-0.1, -0.05) is 0 Å². The Labute approximate surface area is 163 Å². The fourth-order valence-electron chi connectivity index (χ4n) is 2.33. The highest BCUT2D eigenvalue weighted by Crippen LogP contribution is 2.45. The van der Waals surface area contributed by atoms with Gasteiger partial charge in [0.1, 0.15) is 5.00 Å². The highest BCUT2D eigenvalue weighted by molar-refractivity contribution is 9.10. The van der Waals surface area contributed by atoms with E-state index in [0.717, 1.165) is 4.88 Å². The lowest BCUT2D eigenvalue weighted by molar-refractivity contribution is 0.0602. The molecule has 0 fully saturated rings. The molecule has 140 valence electrons. The van der Waals surface area contributed by atoms with Crippen molar-refractivity contribution in [3.63, 3.8) is 0 Å². The van der Waals surface area contributed by atoms with E-state index in [1.165, 1.54) is 45.8 Å². The molecule has 1 aromatic heterocycles. The van der Waals surface area contributed by atoms with Gasteiger partial charge in [-0.2, -0.15) is 0 Å². The lowest BCUT2D eigenvalue weighted by Crippen LogP contribution is -2.15. The van der Waals surface area contributed by atoms with Crippen LogP contribution in [0.3, 0.4) is 0 Å². The summed E-state index contributed by atoms with van der Waals surface area (Å²) in [7, 11) is 5.69. The number of anilines is 1. The highest BCUT2D eigenvalue weighted by atomic mass is 79.9. The molecule has 0 bridgehead atoms. The number of aryl methyl sites for hydroxylation is 1. The predicted octanol–water partition coefficient (Wildman–Crippen LogP) is 3.88. The number of ether oxygens (including phenoxy) is 4. The first-order valence-electron chi connectivity index (χ1n) is 7.36. The number of thiophene rings is 1. The maximum atomic E-state index is 12.8. The summed E-state index contributed by atoms with van der Waals surface area (Å²) in [6, 6.07) is 3.19. The summed E-state index contributed by atoms with van der Waals surface area (Å²) in [5, 5.41) is 3.14. The second-order valence-corrected chi connectivity index (χ2v) is 7.10. The zero-order valence-electron chi connectivity index (χ0n) is 14.9. The van der Waals surface area contributed by atoms with Gasteiger partial charge < -0.3 is 24.3 Å². The molecule has 0 spiro atoms. The minimum absolute atomic E-state index is 0.265. The van der Waals surface area contributed by atoms with Gasteiger partial charge in [-0.15, -0.1) is 11.3 Å². The largest absolute Gasteiger partial charge is 0.493 e. The average Bonchev–Trinajstić information content (AvgIpc) is 3.00. The fraction of sp³-hybridized carbons (Fsp3) is 0.294. The first-order chi connectivity index (χ1) is 12.4. The monoisotopic (exact) mass is 443 g/mol. The van der Waals surface area contributed by atoms with Crippen LogP contribution in [0.2, 0.25) is 0 Å². The van der Waals surface area contributed by atoms with Gasteiger partial charge in [-0.25, -0.2) is 4.79 Å². The molecule has 26 heavy (non-hydrogen) atoms. The number of hydrogen-bond donors (Lipinski definition) is 1. The molecule has 7 nitrogen and oxygen atoms in total. The molecule has 0 unspecified atom stereocenters. The van der Waals surface area contributed by atoms with Crippen LogP contribution in [0, 0.1) is 6.92 Å². The first kappa shape index (κ1) is 20.1. The van der Waals surface area contributed by atoms with Crippen molar-refractivity contribution in [2.75, 3.05) is 33.8 Å². The normalized spacial score (nSPS) is 10.2. The summed E-state index contributed by atoms with van der Waals surface area (Å²) < 4.78 is 21.1. The first-order valence-corrected chi connectivity index (χ1v) is 8.97. The molecule has 1 amide bonds. The van der Waals surface area contributed by atoms with E-state index in [1.54, 1.807) is 6.07 Å². The number of esters is 1. The van der Waals surface area contributed by atoms with E-state index < -0.39 is 11.9 Å². The summed E-state index contributed by atoms with van der Waals surface area (Å²) in [5.41, 5.74) is 0.563. The molecule has 1 aromatic carbocycles. The number of benzene rings is 1. The lowest BCUT2D eigenvalue weighted by Gasteiger charge is -2.16. The number of carbonyl (C=O) groups is 2. The Balaban J connectivity index is 2.47. The Bertz CT molecular complexity index is 848. The van der Waals surface area contributed by atoms with E-state index in [9.17, 15) is 9.59 Å². The average molecular weight is 444 g/mol. The Hall–Kier alpha value is -2.26. The van der Waals surface area contributed by atoms with Crippen LogP contribution in [-0.2, 0) is 4.74 Å². The summed E-state index contributed by atoms with van der Waals surface area (Å²) in [6.45, 7) is 1.84. The molecule has 2 rings (SSSR count). The van der Waals surface area contributed by atoms with Gasteiger partial charge in [0.15, 0.2) is 11.5 Å². The number of nitrogens with one attached hydrogen (secondary N) is 1. The molecule has 0 saturated carbocycles. The van der Waals surface area contributed by atoms with Crippen molar-refractivity contribution in [1.82, 2.24) is 0 Å². The van der Waals surface area contributed by atoms with E-state index in [4.69, 9.17) is 18.9 Å². The molecule has 0 aliphatic carbocycles. The number of halogens is 1. The third-order valence-corrected chi connectivity index (χ3v) is 5.25. The molecule has 0 saturated heterocycles. The lowest BCUT2D eigenvalue weighted by atomic mass is 10.1. The van der Waals surface area contributed by atoms with Crippen LogP contribution in [-0.4, -0.2) is 40.3 Å². The standard InChI is InChI=1S/C17H18BrNO6S/c1-8-6-10(17(21)25-5)16(26-8)19-15(20)9-7-11(22-2)13(23-3)14(24-4)12(9)18/h6-7H,1-5H3,(H,19,20). The quantitative estimate of drug-likeness (QED) is 0.681. The minimum atomic E-state index is -0.520. The maximum absolute atomic E-state index is 12.8. The Morgan fingerprint density at radius 3 is 2.19 bits per heavy atom. The van der Waals surface area contributed by atoms with E-state index in [0.29, 0.717) is 32.3 Å². The van der Waals surface area contributed by atoms with Crippen molar-refractivity contribution in [3.8, 4) is 17.2 Å². The second kappa shape index (κ2) is 8.41. The Morgan fingerprint density at radius 2 is 1.65 bits per heavy atom. The highest BCUT2D eigenvalue weighted by Gasteiger charge is 2.24. The smallest absolute Gasteiger partial charge is 0.340 e. The number of hydrogen-bond acceptors (Lipinski definition) is 7. The number of amides is 1. The molecule has 0 atom stereocenters. The van der Waals surface area contributed by atoms with Crippen LogP contribution in [0.5, 0.6) is 17.2 Å². The van der Waals surface area contributed by atoms with E-state index >= 15 is 0 Å². The summed E-state index contributed by atoms with van der Waals surface area (Å²) in [5.74, 6) is 0.0678. The van der Waals surface area contributed by atoms with Gasteiger partial charge in [0, 0.05) is 4.88 Å². The van der Waals surface area contributed by atoms with Gasteiger partial charge >= 0.3 is 5.97 Å². The second-order valence-electron chi connectivity index (χ2n) is 5.05. The molecular weight excluding hydrogens is 426 g/mol. The van der Waals surface area contributed by atoms with Crippen LogP contribution in [0.15, 0.2) is 16.6 Å². The molecule has 0 aliphatic rings. The molecule has 9 heteroatoms. The van der Waals surface area contributed by atoms with E-state index in [1.807, 2.05) is 6.92 Å². The zero-order chi connectivity index (χ0) is 19.4. The van der Waals surface area contributed by atoms with Crippen molar-refractivity contribution in [2.24, 2.45) is 0 Å². The van der Waals surface area contributed by atoms with Gasteiger partial charge in [-0.3, -0.25) is 4.79 Å². The fourth-order valence-corrected chi connectivity index (χ4v) is 3.86. The van der Waals surface area contributed by atoms with Gasteiger partial charge in [0.2, 0.25) is 5.75 Å². The van der Waals surface area contributed by atoms with Crippen molar-refractivity contribution >= 4 is 44.1 Å². The molecule has 2 aromatic rings. The van der Waals surface area contributed by atoms with Crippen molar-refractivity contribution in [2.45, 2.75) is 6.92 Å². The zero-order valence-corrected chi connectivity index (χ0v) is 17.3. The molecule has 0 radical (unpaired) electrons. The number of rotatable bonds is 6. The minimum Gasteiger partial charge on any atom is -0.493 e. The molecule has 0 aliphatic heterocycles. The van der Waals surface area contributed by atoms with E-state index in [2.05, 4.69) is 21.2 Å². The van der Waals surface area contributed by atoms with Crippen molar-refractivity contribution < 1.29 is 28.5 Å². The summed E-state index contributed by atoms with van der Waals surface area (Å²) in [4.78, 5) is 25.6. The van der Waals surface area contributed by atoms with Crippen LogP contribution in [0.1, 0.15) is 25.6 Å². The van der Waals surface area contributed by atoms with Crippen LogP contribution >= 0.6 is 27.3 Å². The predicted molar refractivity (Wildman–Crippen MR) is 102 cm³/mol. The third kappa shape index (κ3) is 3.78.